The molecular formula is C22H30N4O3S. The lowest BCUT2D eigenvalue weighted by molar-refractivity contribution is -0.136. The van der Waals surface area contributed by atoms with Crippen molar-refractivity contribution < 1.29 is 14.3 Å². The van der Waals surface area contributed by atoms with Crippen LogP contribution in [0.5, 0.6) is 0 Å². The first kappa shape index (κ1) is 21.2. The molecule has 0 N–H and O–H groups in total. The molecule has 2 fully saturated rings. The van der Waals surface area contributed by atoms with Crippen molar-refractivity contribution in [2.75, 3.05) is 38.6 Å². The van der Waals surface area contributed by atoms with Gasteiger partial charge in [-0.2, -0.15) is 0 Å². The fraction of sp³-hybridized carbons (Fsp3) is 0.591. The van der Waals surface area contributed by atoms with Crippen LogP contribution in [0.15, 0.2) is 29.4 Å². The first-order chi connectivity index (χ1) is 14.7. The Morgan fingerprint density at radius 1 is 1.13 bits per heavy atom. The number of hydrogen-bond acceptors (Lipinski definition) is 5. The van der Waals surface area contributed by atoms with Gasteiger partial charge < -0.3 is 19.1 Å². The van der Waals surface area contributed by atoms with Gasteiger partial charge in [0.15, 0.2) is 5.16 Å². The van der Waals surface area contributed by atoms with Crippen molar-refractivity contribution in [3.05, 3.63) is 24.3 Å². The maximum Gasteiger partial charge on any atom is 0.242 e. The number of amides is 2. The molecule has 0 bridgehead atoms. The van der Waals surface area contributed by atoms with Gasteiger partial charge in [0, 0.05) is 25.7 Å². The Kier molecular flexibility index (Phi) is 6.94. The predicted molar refractivity (Wildman–Crippen MR) is 117 cm³/mol. The van der Waals surface area contributed by atoms with Gasteiger partial charge in [-0.05, 0) is 37.8 Å². The second kappa shape index (κ2) is 9.83. The minimum Gasteiger partial charge on any atom is -0.378 e. The fourth-order valence-corrected chi connectivity index (χ4v) is 5.23. The molecule has 0 aliphatic carbocycles. The molecule has 4 rings (SSSR count). The molecule has 30 heavy (non-hydrogen) atoms. The second-order valence-corrected chi connectivity index (χ2v) is 8.84. The number of para-hydroxylation sites is 2. The van der Waals surface area contributed by atoms with Crippen molar-refractivity contribution >= 4 is 34.6 Å². The van der Waals surface area contributed by atoms with E-state index in [1.54, 1.807) is 0 Å². The lowest BCUT2D eigenvalue weighted by Crippen LogP contribution is -2.44. The summed E-state index contributed by atoms with van der Waals surface area (Å²) in [6.07, 6.45) is 4.39. The Bertz CT molecular complexity index is 894. The van der Waals surface area contributed by atoms with Crippen molar-refractivity contribution in [3.8, 4) is 0 Å². The second-order valence-electron chi connectivity index (χ2n) is 7.90. The van der Waals surface area contributed by atoms with Crippen LogP contribution in [0, 0.1) is 0 Å². The molecular weight excluding hydrogens is 400 g/mol. The van der Waals surface area contributed by atoms with Crippen molar-refractivity contribution in [1.29, 1.82) is 0 Å². The summed E-state index contributed by atoms with van der Waals surface area (Å²) < 4.78 is 7.32. The lowest BCUT2D eigenvalue weighted by Gasteiger charge is -2.35. The molecule has 2 aliphatic rings. The maximum absolute atomic E-state index is 12.9. The maximum atomic E-state index is 12.9. The molecule has 0 spiro atoms. The first-order valence-corrected chi connectivity index (χ1v) is 11.9. The number of carbonyl (C=O) groups excluding carboxylic acids is 2. The third-order valence-electron chi connectivity index (χ3n) is 6.02. The molecule has 2 amide bonds. The fourth-order valence-electron chi connectivity index (χ4n) is 4.33. The zero-order valence-electron chi connectivity index (χ0n) is 17.6. The van der Waals surface area contributed by atoms with Crippen molar-refractivity contribution in [1.82, 2.24) is 19.4 Å². The SMILES string of the molecule is CCC1CCCCN1C(=O)CSc1nc2ccccc2n1CC(=O)N1CCOCC1. The van der Waals surface area contributed by atoms with Crippen LogP contribution in [-0.4, -0.2) is 75.8 Å². The van der Waals surface area contributed by atoms with Gasteiger partial charge in [0.1, 0.15) is 6.54 Å². The van der Waals surface area contributed by atoms with Gasteiger partial charge >= 0.3 is 0 Å². The van der Waals surface area contributed by atoms with Gasteiger partial charge in [-0.25, -0.2) is 4.98 Å². The highest BCUT2D eigenvalue weighted by molar-refractivity contribution is 7.99. The van der Waals surface area contributed by atoms with E-state index in [1.807, 2.05) is 38.6 Å². The van der Waals surface area contributed by atoms with E-state index in [0.717, 1.165) is 42.0 Å². The number of rotatable bonds is 6. The summed E-state index contributed by atoms with van der Waals surface area (Å²) in [4.78, 5) is 34.4. The third kappa shape index (κ3) is 4.64. The van der Waals surface area contributed by atoms with Gasteiger partial charge in [-0.3, -0.25) is 9.59 Å². The highest BCUT2D eigenvalue weighted by Crippen LogP contribution is 2.26. The average molecular weight is 431 g/mol. The van der Waals surface area contributed by atoms with Gasteiger partial charge in [0.25, 0.3) is 0 Å². The Balaban J connectivity index is 1.49. The number of morpholine rings is 1. The van der Waals surface area contributed by atoms with Crippen LogP contribution in [0.2, 0.25) is 0 Å². The predicted octanol–water partition coefficient (Wildman–Crippen LogP) is 2.78. The summed E-state index contributed by atoms with van der Waals surface area (Å²) in [5.74, 6) is 0.590. The molecule has 1 unspecified atom stereocenters. The van der Waals surface area contributed by atoms with E-state index in [0.29, 0.717) is 38.1 Å². The van der Waals surface area contributed by atoms with Crippen molar-refractivity contribution in [3.63, 3.8) is 0 Å². The quantitative estimate of drug-likeness (QED) is 0.660. The smallest absolute Gasteiger partial charge is 0.242 e. The van der Waals surface area contributed by atoms with E-state index >= 15 is 0 Å². The molecule has 1 aromatic carbocycles. The molecule has 3 heterocycles. The Morgan fingerprint density at radius 3 is 2.73 bits per heavy atom. The minimum atomic E-state index is 0.0664. The number of hydrogen-bond donors (Lipinski definition) is 0. The molecule has 7 nitrogen and oxygen atoms in total. The van der Waals surface area contributed by atoms with Crippen LogP contribution in [0.25, 0.3) is 11.0 Å². The largest absolute Gasteiger partial charge is 0.378 e. The van der Waals surface area contributed by atoms with Crippen LogP contribution < -0.4 is 0 Å². The molecule has 8 heteroatoms. The standard InChI is InChI=1S/C22H30N4O3S/c1-2-17-7-5-6-10-25(17)21(28)16-30-22-23-18-8-3-4-9-19(18)26(22)15-20(27)24-11-13-29-14-12-24/h3-4,8-9,17H,2,5-7,10-16H2,1H3. The summed E-state index contributed by atoms with van der Waals surface area (Å²) in [5.41, 5.74) is 1.78. The van der Waals surface area contributed by atoms with Crippen LogP contribution in [0.1, 0.15) is 32.6 Å². The average Bonchev–Trinajstić information content (AvgIpc) is 3.15. The van der Waals surface area contributed by atoms with E-state index in [9.17, 15) is 9.59 Å². The zero-order valence-corrected chi connectivity index (χ0v) is 18.4. The Morgan fingerprint density at radius 2 is 1.93 bits per heavy atom. The van der Waals surface area contributed by atoms with Gasteiger partial charge in [-0.15, -0.1) is 0 Å². The third-order valence-corrected chi connectivity index (χ3v) is 6.98. The van der Waals surface area contributed by atoms with Crippen molar-refractivity contribution in [2.24, 2.45) is 0 Å². The van der Waals surface area contributed by atoms with Gasteiger partial charge in [-0.1, -0.05) is 30.8 Å². The molecule has 0 saturated carbocycles. The van der Waals surface area contributed by atoms with Crippen LogP contribution in [0.4, 0.5) is 0 Å². The number of benzene rings is 1. The van der Waals surface area contributed by atoms with E-state index in [-0.39, 0.29) is 18.4 Å². The molecule has 2 aliphatic heterocycles. The van der Waals surface area contributed by atoms with Crippen LogP contribution >= 0.6 is 11.8 Å². The highest BCUT2D eigenvalue weighted by Gasteiger charge is 2.26. The number of carbonyl (C=O) groups is 2. The molecule has 2 aromatic rings. The number of piperidine rings is 1. The minimum absolute atomic E-state index is 0.0664. The Hall–Kier alpha value is -2.06. The van der Waals surface area contributed by atoms with E-state index in [4.69, 9.17) is 9.72 Å². The zero-order chi connectivity index (χ0) is 20.9. The van der Waals surface area contributed by atoms with Crippen LogP contribution in [-0.2, 0) is 20.9 Å². The lowest BCUT2D eigenvalue weighted by atomic mass is 10.0. The summed E-state index contributed by atoms with van der Waals surface area (Å²) >= 11 is 1.44. The summed E-state index contributed by atoms with van der Waals surface area (Å²) in [5, 5.41) is 0.733. The Labute approximate surface area is 181 Å². The summed E-state index contributed by atoms with van der Waals surface area (Å²) in [6, 6.07) is 8.20. The van der Waals surface area contributed by atoms with E-state index in [2.05, 4.69) is 6.92 Å². The monoisotopic (exact) mass is 430 g/mol. The van der Waals surface area contributed by atoms with Crippen molar-refractivity contribution in [2.45, 2.75) is 50.4 Å². The highest BCUT2D eigenvalue weighted by atomic mass is 32.2. The molecule has 0 radical (unpaired) electrons. The van der Waals surface area contributed by atoms with Gasteiger partial charge in [0.05, 0.1) is 30.0 Å². The number of ether oxygens (including phenoxy) is 1. The molecule has 162 valence electrons. The molecule has 1 atom stereocenters. The van der Waals surface area contributed by atoms with Crippen LogP contribution in [0.3, 0.4) is 0 Å². The number of nitrogens with zero attached hydrogens (tertiary/aromatic N) is 4. The number of aromatic nitrogens is 2. The van der Waals surface area contributed by atoms with E-state index in [1.165, 1.54) is 18.2 Å². The number of likely N-dealkylation sites (tertiary alicyclic amines) is 1. The topological polar surface area (TPSA) is 67.7 Å². The van der Waals surface area contributed by atoms with Gasteiger partial charge in [0.2, 0.25) is 11.8 Å². The molecule has 2 saturated heterocycles. The normalized spacial score (nSPS) is 20.0. The number of fused-ring (bicyclic) bond motifs is 1. The number of imidazole rings is 1. The van der Waals surface area contributed by atoms with E-state index < -0.39 is 0 Å². The summed E-state index contributed by atoms with van der Waals surface area (Å²) in [6.45, 7) is 5.66. The number of thioether (sulfide) groups is 1. The molecule has 1 aromatic heterocycles. The summed E-state index contributed by atoms with van der Waals surface area (Å²) in [7, 11) is 0. The first-order valence-electron chi connectivity index (χ1n) is 10.9.